The Bertz CT molecular complexity index is 887. The molecular weight excluding hydrogens is 358 g/mol. The molecule has 3 rings (SSSR count). The van der Waals surface area contributed by atoms with Crippen LogP contribution in [0.1, 0.15) is 18.2 Å². The van der Waals surface area contributed by atoms with Crippen molar-refractivity contribution in [3.63, 3.8) is 0 Å². The lowest BCUT2D eigenvalue weighted by Gasteiger charge is -2.35. The van der Waals surface area contributed by atoms with Gasteiger partial charge >= 0.3 is 5.25 Å². The summed E-state index contributed by atoms with van der Waals surface area (Å²) in [5, 5.41) is 3.59. The van der Waals surface area contributed by atoms with E-state index < -0.39 is 15.3 Å². The first-order valence-electron chi connectivity index (χ1n) is 7.58. The van der Waals surface area contributed by atoms with Crippen LogP contribution in [0.4, 0.5) is 14.5 Å². The Kier molecular flexibility index (Phi) is 4.37. The van der Waals surface area contributed by atoms with E-state index in [1.165, 1.54) is 0 Å². The highest BCUT2D eigenvalue weighted by Gasteiger charge is 2.44. The molecule has 0 unspecified atom stereocenters. The molecule has 0 aliphatic carbocycles. The van der Waals surface area contributed by atoms with Gasteiger partial charge in [0.05, 0.1) is 5.69 Å². The molecule has 25 heavy (non-hydrogen) atoms. The zero-order valence-corrected chi connectivity index (χ0v) is 14.6. The lowest BCUT2D eigenvalue weighted by molar-refractivity contribution is 0.0964. The van der Waals surface area contributed by atoms with Crippen LogP contribution >= 0.6 is 0 Å². The number of anilines is 1. The van der Waals surface area contributed by atoms with Gasteiger partial charge in [0.25, 0.3) is 10.0 Å². The zero-order valence-electron chi connectivity index (χ0n) is 13.7. The second-order valence-electron chi connectivity index (χ2n) is 6.01. The molecule has 1 saturated heterocycles. The lowest BCUT2D eigenvalue weighted by atomic mass is 10.1. The number of alkyl halides is 2. The lowest BCUT2D eigenvalue weighted by Crippen LogP contribution is -2.52. The summed E-state index contributed by atoms with van der Waals surface area (Å²) in [6.45, 7) is 3.18. The van der Waals surface area contributed by atoms with Gasteiger partial charge in [-0.05, 0) is 17.2 Å². The number of halogens is 2. The number of aryl methyl sites for hydroxylation is 1. The van der Waals surface area contributed by atoms with Crippen LogP contribution in [-0.2, 0) is 16.6 Å². The maximum absolute atomic E-state index is 13.3. The average molecular weight is 376 g/mol. The highest BCUT2D eigenvalue weighted by molar-refractivity contribution is 7.90. The Balaban J connectivity index is 1.73. The van der Waals surface area contributed by atoms with Gasteiger partial charge in [0.2, 0.25) is 5.65 Å². The number of rotatable bonds is 4. The molecular formula is C13H18F2N6O3S. The van der Waals surface area contributed by atoms with Crippen LogP contribution in [0.5, 0.6) is 0 Å². The van der Waals surface area contributed by atoms with Crippen molar-refractivity contribution in [1.29, 1.82) is 0 Å². The number of hydrogen-bond acceptors (Lipinski definition) is 8. The number of nitrogens with zero attached hydrogens (tertiary/aromatic N) is 5. The van der Waals surface area contributed by atoms with Crippen LogP contribution in [-0.4, -0.2) is 64.4 Å². The smallest absolute Gasteiger partial charge is 0.356 e. The van der Waals surface area contributed by atoms with E-state index in [9.17, 15) is 17.2 Å². The van der Waals surface area contributed by atoms with E-state index in [1.807, 2.05) is 4.90 Å². The molecule has 9 nitrogen and oxygen atoms in total. The number of pyridine rings is 1. The largest absolute Gasteiger partial charge is 0.396 e. The molecule has 0 amide bonds. The third-order valence-corrected chi connectivity index (χ3v) is 6.22. The monoisotopic (exact) mass is 376 g/mol. The van der Waals surface area contributed by atoms with Crippen LogP contribution in [0.3, 0.4) is 0 Å². The number of hydrogen-bond donors (Lipinski definition) is 1. The van der Waals surface area contributed by atoms with Crippen LogP contribution in [0.25, 0.3) is 11.2 Å². The second-order valence-corrected chi connectivity index (χ2v) is 8.20. The SMILES string of the molecule is Cc1nc2nonc2c(N)c1CN1CCN(S(=O)(=O)C(C)(F)F)CC1. The Hall–Kier alpha value is -1.92. The summed E-state index contributed by atoms with van der Waals surface area (Å²) < 4.78 is 55.6. The molecule has 2 aromatic rings. The highest BCUT2D eigenvalue weighted by atomic mass is 32.2. The van der Waals surface area contributed by atoms with Gasteiger partial charge in [0, 0.05) is 50.9 Å². The van der Waals surface area contributed by atoms with Crippen LogP contribution in [0, 0.1) is 6.92 Å². The Morgan fingerprint density at radius 1 is 1.24 bits per heavy atom. The van der Waals surface area contributed by atoms with Crippen molar-refractivity contribution < 1.29 is 21.8 Å². The molecule has 1 aliphatic heterocycles. The molecule has 12 heteroatoms. The van der Waals surface area contributed by atoms with Crippen molar-refractivity contribution in [1.82, 2.24) is 24.5 Å². The molecule has 1 aliphatic rings. The number of aromatic nitrogens is 3. The maximum atomic E-state index is 13.3. The van der Waals surface area contributed by atoms with E-state index in [0.29, 0.717) is 49.1 Å². The highest BCUT2D eigenvalue weighted by Crippen LogP contribution is 2.27. The number of piperazine rings is 1. The normalized spacial score (nSPS) is 18.1. The average Bonchev–Trinajstić information content (AvgIpc) is 2.99. The molecule has 0 aromatic carbocycles. The molecule has 0 bridgehead atoms. The molecule has 0 atom stereocenters. The van der Waals surface area contributed by atoms with Gasteiger partial charge in [-0.25, -0.2) is 18.0 Å². The summed E-state index contributed by atoms with van der Waals surface area (Å²) in [6, 6.07) is 0. The van der Waals surface area contributed by atoms with E-state index in [1.54, 1.807) is 6.92 Å². The van der Waals surface area contributed by atoms with Crippen molar-refractivity contribution in [3.8, 4) is 0 Å². The molecule has 0 radical (unpaired) electrons. The third-order valence-electron chi connectivity index (χ3n) is 4.27. The predicted molar refractivity (Wildman–Crippen MR) is 85.1 cm³/mol. The van der Waals surface area contributed by atoms with Crippen molar-refractivity contribution in [3.05, 3.63) is 11.3 Å². The minimum atomic E-state index is -4.63. The third kappa shape index (κ3) is 3.16. The quantitative estimate of drug-likeness (QED) is 0.823. The Labute approximate surface area is 142 Å². The number of fused-ring (bicyclic) bond motifs is 1. The zero-order chi connectivity index (χ0) is 18.4. The van der Waals surface area contributed by atoms with E-state index in [4.69, 9.17) is 5.73 Å². The number of nitrogen functional groups attached to an aromatic ring is 1. The molecule has 1 fully saturated rings. The standard InChI is InChI=1S/C13H18F2N6O3S/c1-8-9(10(16)11-12(17-8)19-24-18-11)7-20-3-5-21(6-4-20)25(22,23)13(2,14)15/h3-7,16H2,1-2H3. The van der Waals surface area contributed by atoms with Crippen molar-refractivity contribution in [2.75, 3.05) is 31.9 Å². The molecule has 0 saturated carbocycles. The number of nitrogens with two attached hydrogens (primary N) is 1. The van der Waals surface area contributed by atoms with Gasteiger partial charge in [0.1, 0.15) is 0 Å². The Morgan fingerprint density at radius 2 is 1.88 bits per heavy atom. The van der Waals surface area contributed by atoms with Crippen molar-refractivity contribution in [2.24, 2.45) is 0 Å². The Morgan fingerprint density at radius 3 is 2.48 bits per heavy atom. The first kappa shape index (κ1) is 17.9. The van der Waals surface area contributed by atoms with Crippen molar-refractivity contribution >= 4 is 26.9 Å². The number of sulfonamides is 1. The molecule has 3 heterocycles. The molecule has 138 valence electrons. The predicted octanol–water partition coefficient (Wildman–Crippen LogP) is 0.569. The summed E-state index contributed by atoms with van der Waals surface area (Å²) in [5.41, 5.74) is 8.59. The maximum Gasteiger partial charge on any atom is 0.356 e. The van der Waals surface area contributed by atoms with Gasteiger partial charge in [-0.3, -0.25) is 4.90 Å². The van der Waals surface area contributed by atoms with Gasteiger partial charge < -0.3 is 5.73 Å². The van der Waals surface area contributed by atoms with Crippen LogP contribution < -0.4 is 5.73 Å². The second kappa shape index (κ2) is 6.11. The summed E-state index contributed by atoms with van der Waals surface area (Å²) in [7, 11) is -4.63. The fourth-order valence-electron chi connectivity index (χ4n) is 2.77. The van der Waals surface area contributed by atoms with E-state index >= 15 is 0 Å². The van der Waals surface area contributed by atoms with E-state index in [0.717, 1.165) is 9.87 Å². The summed E-state index contributed by atoms with van der Waals surface area (Å²) in [5.74, 6) is 0. The van der Waals surface area contributed by atoms with Crippen LogP contribution in [0.2, 0.25) is 0 Å². The minimum Gasteiger partial charge on any atom is -0.396 e. The topological polar surface area (TPSA) is 118 Å². The summed E-state index contributed by atoms with van der Waals surface area (Å²) in [4.78, 5) is 6.20. The first-order chi connectivity index (χ1) is 11.6. The summed E-state index contributed by atoms with van der Waals surface area (Å²) in [6.07, 6.45) is 0. The summed E-state index contributed by atoms with van der Waals surface area (Å²) >= 11 is 0. The van der Waals surface area contributed by atoms with Crippen LogP contribution in [0.15, 0.2) is 4.63 Å². The van der Waals surface area contributed by atoms with E-state index in [-0.39, 0.29) is 13.1 Å². The van der Waals surface area contributed by atoms with Gasteiger partial charge in [0.15, 0.2) is 5.52 Å². The van der Waals surface area contributed by atoms with Gasteiger partial charge in [-0.2, -0.15) is 13.1 Å². The molecule has 2 N–H and O–H groups in total. The molecule has 2 aromatic heterocycles. The van der Waals surface area contributed by atoms with Gasteiger partial charge in [-0.15, -0.1) is 0 Å². The van der Waals surface area contributed by atoms with E-state index in [2.05, 4.69) is 19.9 Å². The van der Waals surface area contributed by atoms with Gasteiger partial charge in [-0.1, -0.05) is 0 Å². The fraction of sp³-hybridized carbons (Fsp3) is 0.615. The molecule has 0 spiro atoms. The fourth-order valence-corrected chi connectivity index (χ4v) is 3.87. The van der Waals surface area contributed by atoms with Crippen molar-refractivity contribution in [2.45, 2.75) is 25.6 Å². The minimum absolute atomic E-state index is 0.00803. The first-order valence-corrected chi connectivity index (χ1v) is 9.02.